The maximum Gasteiger partial charge on any atom is 0.0268 e. The van der Waals surface area contributed by atoms with E-state index in [4.69, 9.17) is 0 Å². The van der Waals surface area contributed by atoms with Crippen molar-refractivity contribution in [3.8, 4) is 0 Å². The van der Waals surface area contributed by atoms with Crippen LogP contribution in [0.15, 0.2) is 11.1 Å². The van der Waals surface area contributed by atoms with Crippen molar-refractivity contribution < 1.29 is 0 Å². The van der Waals surface area contributed by atoms with Crippen molar-refractivity contribution in [3.63, 3.8) is 0 Å². The Morgan fingerprint density at radius 1 is 1.50 bits per heavy atom. The summed E-state index contributed by atoms with van der Waals surface area (Å²) >= 11 is 3.32. The minimum atomic E-state index is 0.759. The van der Waals surface area contributed by atoms with Gasteiger partial charge in [0.25, 0.3) is 0 Å². The molecule has 2 heteroatoms. The van der Waals surface area contributed by atoms with Gasteiger partial charge in [-0.2, -0.15) is 0 Å². The van der Waals surface area contributed by atoms with Crippen molar-refractivity contribution in [2.24, 2.45) is 0 Å². The SMILES string of the molecule is C=C(Br)CNC1CCCC1. The highest BCUT2D eigenvalue weighted by Gasteiger charge is 2.13. The molecule has 1 aliphatic rings. The first-order valence-electron chi connectivity index (χ1n) is 3.85. The van der Waals surface area contributed by atoms with Crippen LogP contribution in [0.4, 0.5) is 0 Å². The third-order valence-corrected chi connectivity index (χ3v) is 2.22. The highest BCUT2D eigenvalue weighted by atomic mass is 79.9. The molecule has 1 N–H and O–H groups in total. The molecule has 0 aromatic heterocycles. The summed E-state index contributed by atoms with van der Waals surface area (Å²) in [6, 6.07) is 0.759. The Labute approximate surface area is 71.0 Å². The molecule has 0 saturated heterocycles. The molecule has 1 nitrogen and oxygen atoms in total. The summed E-state index contributed by atoms with van der Waals surface area (Å²) in [4.78, 5) is 0. The Morgan fingerprint density at radius 2 is 2.10 bits per heavy atom. The molecule has 0 radical (unpaired) electrons. The highest BCUT2D eigenvalue weighted by Crippen LogP contribution is 2.17. The third-order valence-electron chi connectivity index (χ3n) is 1.94. The number of halogens is 1. The van der Waals surface area contributed by atoms with Crippen LogP contribution in [0.1, 0.15) is 25.7 Å². The van der Waals surface area contributed by atoms with E-state index in [0.29, 0.717) is 0 Å². The Hall–Kier alpha value is 0.180. The first kappa shape index (κ1) is 8.28. The molecule has 0 amide bonds. The Kier molecular flexibility index (Phi) is 3.43. The van der Waals surface area contributed by atoms with Crippen LogP contribution in [-0.2, 0) is 0 Å². The van der Waals surface area contributed by atoms with E-state index in [0.717, 1.165) is 17.1 Å². The molecule has 0 unspecified atom stereocenters. The van der Waals surface area contributed by atoms with E-state index < -0.39 is 0 Å². The molecular formula is C8H14BrN. The number of nitrogens with one attached hydrogen (secondary N) is 1. The molecule has 1 saturated carbocycles. The Morgan fingerprint density at radius 3 is 2.60 bits per heavy atom. The monoisotopic (exact) mass is 203 g/mol. The summed E-state index contributed by atoms with van der Waals surface area (Å²) < 4.78 is 1.06. The number of hydrogen-bond donors (Lipinski definition) is 1. The predicted octanol–water partition coefficient (Wildman–Crippen LogP) is 2.43. The van der Waals surface area contributed by atoms with E-state index >= 15 is 0 Å². The van der Waals surface area contributed by atoms with Crippen LogP contribution in [-0.4, -0.2) is 12.6 Å². The van der Waals surface area contributed by atoms with Crippen LogP contribution in [0.5, 0.6) is 0 Å². The zero-order chi connectivity index (χ0) is 7.40. The zero-order valence-electron chi connectivity index (χ0n) is 6.20. The van der Waals surface area contributed by atoms with Gasteiger partial charge >= 0.3 is 0 Å². The van der Waals surface area contributed by atoms with Crippen LogP contribution >= 0.6 is 15.9 Å². The lowest BCUT2D eigenvalue weighted by Gasteiger charge is -2.09. The standard InChI is InChI=1S/C8H14BrN/c1-7(9)6-10-8-4-2-3-5-8/h8,10H,1-6H2. The summed E-state index contributed by atoms with van der Waals surface area (Å²) in [7, 11) is 0. The molecular weight excluding hydrogens is 190 g/mol. The second-order valence-corrected chi connectivity index (χ2v) is 4.00. The maximum absolute atomic E-state index is 3.77. The molecule has 1 aliphatic carbocycles. The van der Waals surface area contributed by atoms with Crippen molar-refractivity contribution in [3.05, 3.63) is 11.1 Å². The van der Waals surface area contributed by atoms with E-state index in [1.807, 2.05) is 0 Å². The first-order chi connectivity index (χ1) is 4.79. The van der Waals surface area contributed by atoms with Crippen molar-refractivity contribution >= 4 is 15.9 Å². The molecule has 0 aromatic rings. The zero-order valence-corrected chi connectivity index (χ0v) is 7.78. The van der Waals surface area contributed by atoms with Gasteiger partial charge in [0.05, 0.1) is 0 Å². The molecule has 0 aromatic carbocycles. The average Bonchev–Trinajstić information content (AvgIpc) is 2.34. The normalized spacial score (nSPS) is 19.7. The fourth-order valence-electron chi connectivity index (χ4n) is 1.39. The predicted molar refractivity (Wildman–Crippen MR) is 48.3 cm³/mol. The molecule has 58 valence electrons. The lowest BCUT2D eigenvalue weighted by Crippen LogP contribution is -2.26. The lowest BCUT2D eigenvalue weighted by molar-refractivity contribution is 0.555. The van der Waals surface area contributed by atoms with E-state index in [2.05, 4.69) is 27.8 Å². The van der Waals surface area contributed by atoms with Gasteiger partial charge in [0, 0.05) is 17.1 Å². The summed E-state index contributed by atoms with van der Waals surface area (Å²) in [6.45, 7) is 4.69. The molecule has 0 bridgehead atoms. The first-order valence-corrected chi connectivity index (χ1v) is 4.65. The van der Waals surface area contributed by atoms with E-state index in [-0.39, 0.29) is 0 Å². The largest absolute Gasteiger partial charge is 0.309 e. The van der Waals surface area contributed by atoms with Crippen molar-refractivity contribution in [2.45, 2.75) is 31.7 Å². The van der Waals surface area contributed by atoms with Crippen molar-refractivity contribution in [1.82, 2.24) is 5.32 Å². The van der Waals surface area contributed by atoms with Gasteiger partial charge in [0.2, 0.25) is 0 Å². The van der Waals surface area contributed by atoms with Crippen molar-refractivity contribution in [2.75, 3.05) is 6.54 Å². The van der Waals surface area contributed by atoms with Crippen molar-refractivity contribution in [1.29, 1.82) is 0 Å². The van der Waals surface area contributed by atoms with Crippen LogP contribution in [0.2, 0.25) is 0 Å². The van der Waals surface area contributed by atoms with Gasteiger partial charge in [0.1, 0.15) is 0 Å². The van der Waals surface area contributed by atoms with Gasteiger partial charge in [-0.05, 0) is 12.8 Å². The van der Waals surface area contributed by atoms with Gasteiger partial charge in [-0.25, -0.2) is 0 Å². The smallest absolute Gasteiger partial charge is 0.0268 e. The summed E-state index contributed by atoms with van der Waals surface area (Å²) in [5.41, 5.74) is 0. The van der Waals surface area contributed by atoms with Crippen LogP contribution in [0, 0.1) is 0 Å². The lowest BCUT2D eigenvalue weighted by atomic mass is 10.2. The molecule has 1 rings (SSSR count). The highest BCUT2D eigenvalue weighted by molar-refractivity contribution is 9.11. The summed E-state index contributed by atoms with van der Waals surface area (Å²) in [5.74, 6) is 0. The van der Waals surface area contributed by atoms with E-state index in [1.54, 1.807) is 0 Å². The van der Waals surface area contributed by atoms with Gasteiger partial charge in [-0.3, -0.25) is 0 Å². The average molecular weight is 204 g/mol. The van der Waals surface area contributed by atoms with Crippen LogP contribution in [0.3, 0.4) is 0 Å². The minimum Gasteiger partial charge on any atom is -0.309 e. The summed E-state index contributed by atoms with van der Waals surface area (Å²) in [6.07, 6.45) is 5.49. The molecule has 0 aliphatic heterocycles. The third kappa shape index (κ3) is 2.84. The maximum atomic E-state index is 3.77. The number of rotatable bonds is 3. The quantitative estimate of drug-likeness (QED) is 0.744. The van der Waals surface area contributed by atoms with Gasteiger partial charge in [0.15, 0.2) is 0 Å². The molecule has 0 atom stereocenters. The van der Waals surface area contributed by atoms with Gasteiger partial charge in [-0.15, -0.1) is 0 Å². The fraction of sp³-hybridized carbons (Fsp3) is 0.750. The second-order valence-electron chi connectivity index (χ2n) is 2.88. The van der Waals surface area contributed by atoms with E-state index in [9.17, 15) is 0 Å². The molecule has 10 heavy (non-hydrogen) atoms. The number of hydrogen-bond acceptors (Lipinski definition) is 1. The van der Waals surface area contributed by atoms with E-state index in [1.165, 1.54) is 25.7 Å². The molecule has 0 heterocycles. The Balaban J connectivity index is 2.07. The second kappa shape index (κ2) is 4.14. The Bertz CT molecular complexity index is 116. The molecule has 0 spiro atoms. The fourth-order valence-corrected chi connectivity index (χ4v) is 1.55. The minimum absolute atomic E-state index is 0.759. The topological polar surface area (TPSA) is 12.0 Å². The van der Waals surface area contributed by atoms with Gasteiger partial charge < -0.3 is 5.32 Å². The van der Waals surface area contributed by atoms with Gasteiger partial charge in [-0.1, -0.05) is 35.4 Å². The van der Waals surface area contributed by atoms with Crippen LogP contribution in [0.25, 0.3) is 0 Å². The molecule has 1 fully saturated rings. The van der Waals surface area contributed by atoms with Crippen LogP contribution < -0.4 is 5.32 Å². The summed E-state index contributed by atoms with van der Waals surface area (Å²) in [5, 5.41) is 3.43.